The number of hydrazone groups is 1. The second-order valence-electron chi connectivity index (χ2n) is 5.35. The van der Waals surface area contributed by atoms with Gasteiger partial charge in [0.25, 0.3) is 0 Å². The van der Waals surface area contributed by atoms with Crippen LogP contribution in [0.1, 0.15) is 32.1 Å². The van der Waals surface area contributed by atoms with Crippen molar-refractivity contribution in [1.82, 2.24) is 9.97 Å². The molecule has 0 amide bonds. The third kappa shape index (κ3) is 2.24. The van der Waals surface area contributed by atoms with Crippen LogP contribution in [0.15, 0.2) is 40.1 Å². The van der Waals surface area contributed by atoms with Crippen molar-refractivity contribution in [2.24, 2.45) is 5.10 Å². The molecule has 1 fully saturated rings. The van der Waals surface area contributed by atoms with Crippen LogP contribution in [-0.2, 0) is 0 Å². The molecule has 0 bridgehead atoms. The van der Waals surface area contributed by atoms with Gasteiger partial charge in [-0.2, -0.15) is 5.10 Å². The molecule has 21 heavy (non-hydrogen) atoms. The van der Waals surface area contributed by atoms with E-state index < -0.39 is 0 Å². The van der Waals surface area contributed by atoms with Crippen LogP contribution in [0, 0.1) is 0 Å². The summed E-state index contributed by atoms with van der Waals surface area (Å²) < 4.78 is 5.87. The number of hydrogen-bond donors (Lipinski definition) is 1. The highest BCUT2D eigenvalue weighted by Gasteiger charge is 2.13. The predicted octanol–water partition coefficient (Wildman–Crippen LogP) is 4.11. The number of nitrogens with one attached hydrogen (secondary N) is 1. The lowest BCUT2D eigenvalue weighted by Gasteiger charge is -2.12. The Hall–Kier alpha value is -2.43. The lowest BCUT2D eigenvalue weighted by molar-refractivity contribution is 0.662. The number of benzene rings is 1. The van der Waals surface area contributed by atoms with Gasteiger partial charge in [-0.25, -0.2) is 9.97 Å². The van der Waals surface area contributed by atoms with Crippen molar-refractivity contribution in [3.63, 3.8) is 0 Å². The Kier molecular flexibility index (Phi) is 3.03. The number of hydrogen-bond acceptors (Lipinski definition) is 5. The van der Waals surface area contributed by atoms with Crippen molar-refractivity contribution in [2.45, 2.75) is 32.1 Å². The van der Waals surface area contributed by atoms with E-state index in [0.717, 1.165) is 29.3 Å². The van der Waals surface area contributed by atoms with Crippen molar-refractivity contribution in [1.29, 1.82) is 0 Å². The third-order valence-electron chi connectivity index (χ3n) is 3.91. The molecule has 2 aromatic heterocycles. The van der Waals surface area contributed by atoms with E-state index >= 15 is 0 Å². The minimum absolute atomic E-state index is 0.634. The van der Waals surface area contributed by atoms with Crippen LogP contribution in [0.4, 0.5) is 5.82 Å². The molecular formula is C16H16N4O. The van der Waals surface area contributed by atoms with Gasteiger partial charge in [-0.05, 0) is 37.8 Å². The molecule has 1 aliphatic carbocycles. The Morgan fingerprint density at radius 3 is 2.81 bits per heavy atom. The van der Waals surface area contributed by atoms with Gasteiger partial charge in [0.1, 0.15) is 17.4 Å². The van der Waals surface area contributed by atoms with E-state index in [-0.39, 0.29) is 0 Å². The van der Waals surface area contributed by atoms with E-state index in [1.165, 1.54) is 25.0 Å². The van der Waals surface area contributed by atoms with Crippen molar-refractivity contribution in [3.8, 4) is 0 Å². The van der Waals surface area contributed by atoms with E-state index in [2.05, 4.69) is 20.5 Å². The maximum Gasteiger partial charge on any atom is 0.197 e. The zero-order valence-corrected chi connectivity index (χ0v) is 11.7. The number of rotatable bonds is 2. The van der Waals surface area contributed by atoms with E-state index in [1.54, 1.807) is 6.33 Å². The maximum absolute atomic E-state index is 5.87. The molecule has 2 heterocycles. The normalized spacial score (nSPS) is 15.5. The Morgan fingerprint density at radius 1 is 1.05 bits per heavy atom. The summed E-state index contributed by atoms with van der Waals surface area (Å²) in [4.78, 5) is 8.59. The first-order valence-corrected chi connectivity index (χ1v) is 7.35. The Balaban J connectivity index is 1.74. The smallest absolute Gasteiger partial charge is 0.197 e. The summed E-state index contributed by atoms with van der Waals surface area (Å²) in [6, 6.07) is 7.88. The van der Waals surface area contributed by atoms with E-state index in [1.807, 2.05) is 24.3 Å². The Bertz CT molecular complexity index is 813. The van der Waals surface area contributed by atoms with E-state index in [4.69, 9.17) is 4.42 Å². The average Bonchev–Trinajstić information content (AvgIpc) is 2.93. The van der Waals surface area contributed by atoms with Crippen LogP contribution in [0.2, 0.25) is 0 Å². The molecule has 106 valence electrons. The lowest BCUT2D eigenvalue weighted by atomic mass is 9.99. The number of nitrogens with zero attached hydrogens (tertiary/aromatic N) is 3. The fraction of sp³-hybridized carbons (Fsp3) is 0.312. The molecule has 0 radical (unpaired) electrons. The van der Waals surface area contributed by atoms with Crippen molar-refractivity contribution in [3.05, 3.63) is 30.6 Å². The summed E-state index contributed by atoms with van der Waals surface area (Å²) in [5.74, 6) is 0.634. The summed E-state index contributed by atoms with van der Waals surface area (Å²) in [6.07, 6.45) is 7.45. The molecule has 5 nitrogen and oxygen atoms in total. The molecule has 0 unspecified atom stereocenters. The van der Waals surface area contributed by atoms with Crippen LogP contribution < -0.4 is 5.43 Å². The standard InChI is InChI=1S/C16H16N4O/c1-2-6-11(7-3-1)19-20-16-15-14(17-10-18-16)12-8-4-5-9-13(12)21-15/h4-5,8-10H,1-3,6-7H2,(H,17,18,20). The fourth-order valence-corrected chi connectivity index (χ4v) is 2.81. The van der Waals surface area contributed by atoms with Gasteiger partial charge in [0.05, 0.1) is 0 Å². The maximum atomic E-state index is 5.87. The number of furan rings is 1. The molecule has 0 spiro atoms. The molecule has 5 heteroatoms. The topological polar surface area (TPSA) is 63.3 Å². The Labute approximate surface area is 122 Å². The highest BCUT2D eigenvalue weighted by molar-refractivity contribution is 6.05. The molecule has 1 aliphatic rings. The molecule has 1 aromatic carbocycles. The summed E-state index contributed by atoms with van der Waals surface area (Å²) in [7, 11) is 0. The molecule has 0 saturated heterocycles. The minimum atomic E-state index is 0.634. The fourth-order valence-electron chi connectivity index (χ4n) is 2.81. The summed E-state index contributed by atoms with van der Waals surface area (Å²) >= 11 is 0. The van der Waals surface area contributed by atoms with Gasteiger partial charge >= 0.3 is 0 Å². The van der Waals surface area contributed by atoms with Gasteiger partial charge < -0.3 is 4.42 Å². The average molecular weight is 280 g/mol. The van der Waals surface area contributed by atoms with Crippen LogP contribution in [0.5, 0.6) is 0 Å². The first-order chi connectivity index (χ1) is 10.4. The molecule has 0 aliphatic heterocycles. The van der Waals surface area contributed by atoms with Gasteiger partial charge in [0.2, 0.25) is 0 Å². The summed E-state index contributed by atoms with van der Waals surface area (Å²) in [6.45, 7) is 0. The van der Waals surface area contributed by atoms with E-state index in [0.29, 0.717) is 11.4 Å². The van der Waals surface area contributed by atoms with Gasteiger partial charge in [-0.1, -0.05) is 18.6 Å². The van der Waals surface area contributed by atoms with Crippen LogP contribution >= 0.6 is 0 Å². The van der Waals surface area contributed by atoms with E-state index in [9.17, 15) is 0 Å². The highest BCUT2D eigenvalue weighted by atomic mass is 16.3. The van der Waals surface area contributed by atoms with Crippen LogP contribution in [0.3, 0.4) is 0 Å². The SMILES string of the molecule is c1ccc2c(c1)oc1c(NN=C3CCCCC3)ncnc12. The first-order valence-electron chi connectivity index (χ1n) is 7.35. The third-order valence-corrected chi connectivity index (χ3v) is 3.91. The molecule has 0 atom stereocenters. The highest BCUT2D eigenvalue weighted by Crippen LogP contribution is 2.30. The second-order valence-corrected chi connectivity index (χ2v) is 5.35. The molecule has 1 N–H and O–H groups in total. The minimum Gasteiger partial charge on any atom is -0.450 e. The Morgan fingerprint density at radius 2 is 1.90 bits per heavy atom. The number of aromatic nitrogens is 2. The molecule has 4 rings (SSSR count). The van der Waals surface area contributed by atoms with Crippen LogP contribution in [-0.4, -0.2) is 15.7 Å². The van der Waals surface area contributed by atoms with Crippen molar-refractivity contribution in [2.75, 3.05) is 5.43 Å². The predicted molar refractivity (Wildman–Crippen MR) is 83.5 cm³/mol. The zero-order valence-electron chi connectivity index (χ0n) is 11.7. The van der Waals surface area contributed by atoms with Gasteiger partial charge in [0, 0.05) is 11.1 Å². The number of para-hydroxylation sites is 1. The van der Waals surface area contributed by atoms with Gasteiger partial charge in [0.15, 0.2) is 11.4 Å². The largest absolute Gasteiger partial charge is 0.450 e. The summed E-state index contributed by atoms with van der Waals surface area (Å²) in [5, 5.41) is 5.49. The second kappa shape index (κ2) is 5.16. The monoisotopic (exact) mass is 280 g/mol. The number of fused-ring (bicyclic) bond motifs is 3. The summed E-state index contributed by atoms with van der Waals surface area (Å²) in [5.41, 5.74) is 6.59. The molecule has 1 saturated carbocycles. The van der Waals surface area contributed by atoms with Crippen LogP contribution in [0.25, 0.3) is 22.1 Å². The molecule has 3 aromatic rings. The van der Waals surface area contributed by atoms with Crippen molar-refractivity contribution < 1.29 is 4.42 Å². The zero-order chi connectivity index (χ0) is 14.1. The quantitative estimate of drug-likeness (QED) is 0.717. The van der Waals surface area contributed by atoms with Gasteiger partial charge in [-0.15, -0.1) is 0 Å². The number of anilines is 1. The first kappa shape index (κ1) is 12.3. The van der Waals surface area contributed by atoms with Crippen molar-refractivity contribution >= 4 is 33.6 Å². The lowest BCUT2D eigenvalue weighted by Crippen LogP contribution is -2.07. The molecular weight excluding hydrogens is 264 g/mol. The van der Waals surface area contributed by atoms with Gasteiger partial charge in [-0.3, -0.25) is 5.43 Å².